The number of nitriles is 1. The molecule has 128 valence electrons. The number of hydrogen-bond acceptors (Lipinski definition) is 6. The Morgan fingerprint density at radius 3 is 2.67 bits per heavy atom. The molecule has 0 saturated heterocycles. The van der Waals surface area contributed by atoms with Gasteiger partial charge in [-0.25, -0.2) is 0 Å². The summed E-state index contributed by atoms with van der Waals surface area (Å²) in [5, 5.41) is 11.8. The molecule has 0 spiro atoms. The third-order valence-corrected chi connectivity index (χ3v) is 5.07. The van der Waals surface area contributed by atoms with Gasteiger partial charge in [-0.15, -0.1) is 11.3 Å². The first-order chi connectivity index (χ1) is 11.3. The molecule has 1 aromatic heterocycles. The predicted octanol–water partition coefficient (Wildman–Crippen LogP) is 2.72. The molecular weight excluding hydrogens is 352 g/mol. The van der Waals surface area contributed by atoms with Gasteiger partial charge in [0, 0.05) is 6.42 Å². The topological polar surface area (TPSA) is 96.3 Å². The van der Waals surface area contributed by atoms with Gasteiger partial charge < -0.3 is 10.1 Å². The highest BCUT2D eigenvalue weighted by molar-refractivity contribution is 7.18. The van der Waals surface area contributed by atoms with E-state index in [-0.39, 0.29) is 24.5 Å². The number of nitrogens with zero attached hydrogens (tertiary/aromatic N) is 1. The molecule has 1 atom stereocenters. The zero-order chi connectivity index (χ0) is 17.7. The number of Topliss-reactive ketones (excluding diaryl/α,β-unsaturated/α-hetero) is 1. The van der Waals surface area contributed by atoms with Crippen LogP contribution in [0.1, 0.15) is 42.3 Å². The maximum absolute atomic E-state index is 11.8. The summed E-state index contributed by atoms with van der Waals surface area (Å²) in [6.45, 7) is 1.21. The lowest BCUT2D eigenvalue weighted by atomic mass is 9.98. The quantitative estimate of drug-likeness (QED) is 0.562. The highest BCUT2D eigenvalue weighted by Gasteiger charge is 2.43. The second kappa shape index (κ2) is 7.77. The zero-order valence-electron chi connectivity index (χ0n) is 13.1. The number of carbonyl (C=O) groups is 3. The molecule has 0 radical (unpaired) electrons. The number of ketones is 1. The number of thiophene rings is 1. The van der Waals surface area contributed by atoms with Gasteiger partial charge in [-0.1, -0.05) is 11.6 Å². The predicted molar refractivity (Wildman–Crippen MR) is 88.7 cm³/mol. The normalized spacial score (nSPS) is 15.9. The average Bonchev–Trinajstić information content (AvgIpc) is 3.33. The van der Waals surface area contributed by atoms with Crippen molar-refractivity contribution in [3.63, 3.8) is 0 Å². The Balaban J connectivity index is 1.70. The van der Waals surface area contributed by atoms with Gasteiger partial charge in [-0.05, 0) is 37.8 Å². The fraction of sp³-hybridized carbons (Fsp3) is 0.500. The molecule has 1 amide bonds. The molecule has 0 bridgehead atoms. The molecule has 24 heavy (non-hydrogen) atoms. The van der Waals surface area contributed by atoms with Crippen molar-refractivity contribution >= 4 is 40.6 Å². The molecule has 0 aromatic carbocycles. The van der Waals surface area contributed by atoms with Crippen molar-refractivity contribution in [1.29, 1.82) is 5.26 Å². The van der Waals surface area contributed by atoms with E-state index in [1.165, 1.54) is 0 Å². The molecule has 1 fully saturated rings. The van der Waals surface area contributed by atoms with Crippen molar-refractivity contribution in [2.45, 2.75) is 38.1 Å². The Labute approximate surface area is 148 Å². The first kappa shape index (κ1) is 18.4. The van der Waals surface area contributed by atoms with Gasteiger partial charge in [-0.2, -0.15) is 5.26 Å². The van der Waals surface area contributed by atoms with Crippen LogP contribution in [0.2, 0.25) is 4.34 Å². The number of esters is 1. The molecule has 1 aliphatic carbocycles. The highest BCUT2D eigenvalue weighted by atomic mass is 35.5. The van der Waals surface area contributed by atoms with Gasteiger partial charge in [0.2, 0.25) is 0 Å². The molecule has 1 aliphatic rings. The Bertz CT molecular complexity index is 692. The smallest absolute Gasteiger partial charge is 0.306 e. The van der Waals surface area contributed by atoms with Crippen molar-refractivity contribution in [3.05, 3.63) is 21.3 Å². The van der Waals surface area contributed by atoms with E-state index in [2.05, 4.69) is 11.4 Å². The second-order valence-corrected chi connectivity index (χ2v) is 7.54. The van der Waals surface area contributed by atoms with Crippen molar-refractivity contribution in [2.24, 2.45) is 5.92 Å². The molecule has 1 unspecified atom stereocenters. The number of amides is 1. The van der Waals surface area contributed by atoms with Crippen LogP contribution in [0.3, 0.4) is 0 Å². The summed E-state index contributed by atoms with van der Waals surface area (Å²) in [6.07, 6.45) is 1.69. The van der Waals surface area contributed by atoms with E-state index in [0.29, 0.717) is 9.21 Å². The Hall–Kier alpha value is -1.91. The lowest BCUT2D eigenvalue weighted by Gasteiger charge is -2.22. The average molecular weight is 369 g/mol. The lowest BCUT2D eigenvalue weighted by Crippen LogP contribution is -2.48. The number of nitrogens with one attached hydrogen (secondary N) is 1. The minimum Gasteiger partial charge on any atom is -0.456 e. The van der Waals surface area contributed by atoms with Crippen LogP contribution in [0.25, 0.3) is 0 Å². The van der Waals surface area contributed by atoms with Crippen LogP contribution in [-0.4, -0.2) is 29.8 Å². The van der Waals surface area contributed by atoms with E-state index in [0.717, 1.165) is 24.2 Å². The van der Waals surface area contributed by atoms with Crippen LogP contribution < -0.4 is 5.32 Å². The van der Waals surface area contributed by atoms with Crippen LogP contribution in [0.15, 0.2) is 12.1 Å². The summed E-state index contributed by atoms with van der Waals surface area (Å²) < 4.78 is 5.36. The summed E-state index contributed by atoms with van der Waals surface area (Å²) >= 11 is 6.90. The standard InChI is InChI=1S/C16H17ClN2O4S/c1-16(9-18,10-2-3-10)19-14(21)8-23-15(22)7-4-11(20)12-5-6-13(17)24-12/h5-6,10H,2-4,7-8H2,1H3,(H,19,21). The summed E-state index contributed by atoms with van der Waals surface area (Å²) in [5.74, 6) is -1.20. The van der Waals surface area contributed by atoms with Crippen LogP contribution >= 0.6 is 22.9 Å². The van der Waals surface area contributed by atoms with E-state index >= 15 is 0 Å². The largest absolute Gasteiger partial charge is 0.456 e. The van der Waals surface area contributed by atoms with Gasteiger partial charge in [0.1, 0.15) is 5.54 Å². The SMILES string of the molecule is CC(C#N)(NC(=O)COC(=O)CCC(=O)c1ccc(Cl)s1)C1CC1. The maximum Gasteiger partial charge on any atom is 0.306 e. The van der Waals surface area contributed by atoms with Gasteiger partial charge in [0.25, 0.3) is 5.91 Å². The molecular formula is C16H17ClN2O4S. The maximum atomic E-state index is 11.8. The van der Waals surface area contributed by atoms with Crippen LogP contribution in [0.5, 0.6) is 0 Å². The highest BCUT2D eigenvalue weighted by Crippen LogP contribution is 2.39. The molecule has 8 heteroatoms. The first-order valence-electron chi connectivity index (χ1n) is 7.50. The summed E-state index contributed by atoms with van der Waals surface area (Å²) in [6, 6.07) is 5.32. The van der Waals surface area contributed by atoms with Crippen molar-refractivity contribution in [3.8, 4) is 6.07 Å². The van der Waals surface area contributed by atoms with Crippen LogP contribution in [0.4, 0.5) is 0 Å². The third kappa shape index (κ3) is 5.05. The molecule has 1 aromatic rings. The molecule has 2 rings (SSSR count). The Morgan fingerprint density at radius 2 is 2.12 bits per heavy atom. The summed E-state index contributed by atoms with van der Waals surface area (Å²) in [4.78, 5) is 35.7. The van der Waals surface area contributed by atoms with E-state index in [1.54, 1.807) is 19.1 Å². The van der Waals surface area contributed by atoms with Gasteiger partial charge in [0.05, 0.1) is 21.7 Å². The summed E-state index contributed by atoms with van der Waals surface area (Å²) in [5.41, 5.74) is -0.919. The van der Waals surface area contributed by atoms with E-state index < -0.39 is 24.0 Å². The van der Waals surface area contributed by atoms with Crippen molar-refractivity contribution in [2.75, 3.05) is 6.61 Å². The Morgan fingerprint density at radius 1 is 1.42 bits per heavy atom. The van der Waals surface area contributed by atoms with E-state index in [9.17, 15) is 14.4 Å². The molecule has 1 heterocycles. The third-order valence-electron chi connectivity index (χ3n) is 3.79. The fourth-order valence-electron chi connectivity index (χ4n) is 2.23. The second-order valence-electron chi connectivity index (χ2n) is 5.82. The van der Waals surface area contributed by atoms with Crippen LogP contribution in [-0.2, 0) is 14.3 Å². The minimum atomic E-state index is -0.919. The molecule has 1 saturated carbocycles. The number of ether oxygens (including phenoxy) is 1. The Kier molecular flexibility index (Phi) is 5.97. The van der Waals surface area contributed by atoms with Gasteiger partial charge in [0.15, 0.2) is 12.4 Å². The monoisotopic (exact) mass is 368 g/mol. The molecule has 1 N–H and O–H groups in total. The number of hydrogen-bond donors (Lipinski definition) is 1. The van der Waals surface area contributed by atoms with E-state index in [1.807, 2.05) is 0 Å². The van der Waals surface area contributed by atoms with Crippen molar-refractivity contribution in [1.82, 2.24) is 5.32 Å². The summed E-state index contributed by atoms with van der Waals surface area (Å²) in [7, 11) is 0. The number of rotatable bonds is 8. The lowest BCUT2D eigenvalue weighted by molar-refractivity contribution is -0.148. The number of carbonyl (C=O) groups excluding carboxylic acids is 3. The van der Waals surface area contributed by atoms with Crippen molar-refractivity contribution < 1.29 is 19.1 Å². The number of halogens is 1. The fourth-order valence-corrected chi connectivity index (χ4v) is 3.24. The first-order valence-corrected chi connectivity index (χ1v) is 8.70. The molecule has 6 nitrogen and oxygen atoms in total. The van der Waals surface area contributed by atoms with Gasteiger partial charge in [-0.3, -0.25) is 14.4 Å². The van der Waals surface area contributed by atoms with Gasteiger partial charge >= 0.3 is 5.97 Å². The zero-order valence-corrected chi connectivity index (χ0v) is 14.7. The van der Waals surface area contributed by atoms with E-state index in [4.69, 9.17) is 21.6 Å². The molecule has 0 aliphatic heterocycles. The minimum absolute atomic E-state index is 0.00468. The van der Waals surface area contributed by atoms with Crippen LogP contribution in [0, 0.1) is 17.2 Å².